The van der Waals surface area contributed by atoms with Gasteiger partial charge in [-0.1, -0.05) is 25.4 Å². The number of pyridine rings is 1. The van der Waals surface area contributed by atoms with Crippen LogP contribution in [0.4, 0.5) is 5.82 Å². The van der Waals surface area contributed by atoms with E-state index in [0.29, 0.717) is 5.82 Å². The van der Waals surface area contributed by atoms with Crippen LogP contribution in [0.15, 0.2) is 12.1 Å². The molecule has 1 aromatic heterocycles. The zero-order valence-electron chi connectivity index (χ0n) is 9.33. The van der Waals surface area contributed by atoms with Crippen molar-refractivity contribution in [2.45, 2.75) is 32.7 Å². The molecule has 4 nitrogen and oxygen atoms in total. The zero-order chi connectivity index (χ0) is 12.1. The number of aromatic carboxylic acids is 1. The van der Waals surface area contributed by atoms with Gasteiger partial charge in [0.2, 0.25) is 0 Å². The maximum atomic E-state index is 10.8. The molecule has 1 aromatic rings. The second-order valence-electron chi connectivity index (χ2n) is 3.53. The largest absolute Gasteiger partial charge is 0.478 e. The number of aromatic nitrogens is 1. The Balaban J connectivity index is 2.91. The van der Waals surface area contributed by atoms with Crippen LogP contribution < -0.4 is 5.32 Å². The lowest BCUT2D eigenvalue weighted by Gasteiger charge is -2.15. The molecule has 0 aromatic carbocycles. The molecule has 2 N–H and O–H groups in total. The van der Waals surface area contributed by atoms with Gasteiger partial charge >= 0.3 is 5.97 Å². The summed E-state index contributed by atoms with van der Waals surface area (Å²) in [6, 6.07) is 3.11. The van der Waals surface area contributed by atoms with Crippen LogP contribution in [0.3, 0.4) is 0 Å². The average molecular weight is 243 g/mol. The summed E-state index contributed by atoms with van der Waals surface area (Å²) < 4.78 is 0. The van der Waals surface area contributed by atoms with Crippen molar-refractivity contribution in [1.29, 1.82) is 0 Å². The summed E-state index contributed by atoms with van der Waals surface area (Å²) >= 11 is 5.75. The second-order valence-corrected chi connectivity index (χ2v) is 3.91. The Kier molecular flexibility index (Phi) is 4.55. The van der Waals surface area contributed by atoms with Gasteiger partial charge in [0, 0.05) is 6.04 Å². The number of rotatable bonds is 5. The number of carboxylic acids is 1. The Morgan fingerprint density at radius 1 is 1.50 bits per heavy atom. The minimum Gasteiger partial charge on any atom is -0.478 e. The molecule has 0 radical (unpaired) electrons. The van der Waals surface area contributed by atoms with E-state index in [-0.39, 0.29) is 16.8 Å². The van der Waals surface area contributed by atoms with Gasteiger partial charge in [-0.15, -0.1) is 0 Å². The second kappa shape index (κ2) is 5.70. The van der Waals surface area contributed by atoms with E-state index in [9.17, 15) is 4.79 Å². The van der Waals surface area contributed by atoms with Crippen LogP contribution in [-0.2, 0) is 0 Å². The first-order valence-corrected chi connectivity index (χ1v) is 5.62. The fourth-order valence-electron chi connectivity index (χ4n) is 1.40. The van der Waals surface area contributed by atoms with Gasteiger partial charge < -0.3 is 10.4 Å². The van der Waals surface area contributed by atoms with E-state index >= 15 is 0 Å². The summed E-state index contributed by atoms with van der Waals surface area (Å²) in [5.41, 5.74) is 0.147. The Labute approximate surface area is 99.6 Å². The molecule has 1 heterocycles. The lowest BCUT2D eigenvalue weighted by Crippen LogP contribution is -2.18. The summed E-state index contributed by atoms with van der Waals surface area (Å²) in [6.07, 6.45) is 1.90. The molecule has 0 amide bonds. The summed E-state index contributed by atoms with van der Waals surface area (Å²) in [6.45, 7) is 4.12. The molecule has 88 valence electrons. The first kappa shape index (κ1) is 12.8. The molecular weight excluding hydrogens is 228 g/mol. The van der Waals surface area contributed by atoms with Crippen molar-refractivity contribution in [1.82, 2.24) is 4.98 Å². The standard InChI is InChI=1S/C11H15ClN2O2/c1-3-8(4-2)13-10-6-7(11(15)16)5-9(12)14-10/h5-6,8H,3-4H2,1-2H3,(H,13,14)(H,15,16). The monoisotopic (exact) mass is 242 g/mol. The molecule has 0 saturated heterocycles. The predicted octanol–water partition coefficient (Wildman–Crippen LogP) is 3.03. The van der Waals surface area contributed by atoms with Gasteiger partial charge in [0.25, 0.3) is 0 Å². The number of nitrogens with one attached hydrogen (secondary N) is 1. The van der Waals surface area contributed by atoms with Crippen molar-refractivity contribution in [3.63, 3.8) is 0 Å². The molecule has 0 bridgehead atoms. The number of hydrogen-bond acceptors (Lipinski definition) is 3. The van der Waals surface area contributed by atoms with Crippen molar-refractivity contribution in [2.24, 2.45) is 0 Å². The fourth-order valence-corrected chi connectivity index (χ4v) is 1.60. The van der Waals surface area contributed by atoms with E-state index in [1.54, 1.807) is 0 Å². The summed E-state index contributed by atoms with van der Waals surface area (Å²) in [5.74, 6) is -0.490. The van der Waals surface area contributed by atoms with Crippen LogP contribution >= 0.6 is 11.6 Å². The van der Waals surface area contributed by atoms with E-state index in [4.69, 9.17) is 16.7 Å². The maximum absolute atomic E-state index is 10.8. The predicted molar refractivity (Wildman–Crippen MR) is 64.2 cm³/mol. The highest BCUT2D eigenvalue weighted by molar-refractivity contribution is 6.29. The molecule has 0 spiro atoms. The SMILES string of the molecule is CCC(CC)Nc1cc(C(=O)O)cc(Cl)n1. The molecule has 0 atom stereocenters. The van der Waals surface area contributed by atoms with Crippen molar-refractivity contribution in [2.75, 3.05) is 5.32 Å². The highest BCUT2D eigenvalue weighted by atomic mass is 35.5. The normalized spacial score (nSPS) is 10.5. The number of anilines is 1. The van der Waals surface area contributed by atoms with Gasteiger partial charge in [-0.2, -0.15) is 0 Å². The third-order valence-electron chi connectivity index (χ3n) is 2.38. The van der Waals surface area contributed by atoms with Crippen LogP contribution in [0.2, 0.25) is 5.15 Å². The van der Waals surface area contributed by atoms with Gasteiger partial charge in [0.1, 0.15) is 11.0 Å². The summed E-state index contributed by atoms with van der Waals surface area (Å²) in [4.78, 5) is 14.9. The van der Waals surface area contributed by atoms with Gasteiger partial charge in [-0.25, -0.2) is 9.78 Å². The number of halogens is 1. The van der Waals surface area contributed by atoms with Gasteiger partial charge in [0.05, 0.1) is 5.56 Å². The summed E-state index contributed by atoms with van der Waals surface area (Å²) in [5, 5.41) is 12.2. The Bertz CT molecular complexity index is 378. The molecule has 0 aliphatic heterocycles. The molecular formula is C11H15ClN2O2. The van der Waals surface area contributed by atoms with Gasteiger partial charge in [0.15, 0.2) is 0 Å². The van der Waals surface area contributed by atoms with Crippen molar-refractivity contribution in [3.8, 4) is 0 Å². The Morgan fingerprint density at radius 3 is 2.62 bits per heavy atom. The fraction of sp³-hybridized carbons (Fsp3) is 0.455. The highest BCUT2D eigenvalue weighted by Gasteiger charge is 2.09. The third-order valence-corrected chi connectivity index (χ3v) is 2.57. The van der Waals surface area contributed by atoms with E-state index < -0.39 is 5.97 Å². The minimum absolute atomic E-state index is 0.147. The van der Waals surface area contributed by atoms with E-state index in [2.05, 4.69) is 24.1 Å². The lowest BCUT2D eigenvalue weighted by molar-refractivity contribution is 0.0697. The topological polar surface area (TPSA) is 62.2 Å². The molecule has 0 aliphatic carbocycles. The van der Waals surface area contributed by atoms with E-state index in [1.807, 2.05) is 0 Å². The first-order valence-electron chi connectivity index (χ1n) is 5.24. The van der Waals surface area contributed by atoms with Crippen LogP contribution in [0.1, 0.15) is 37.0 Å². The molecule has 0 saturated carbocycles. The van der Waals surface area contributed by atoms with E-state index in [0.717, 1.165) is 12.8 Å². The number of hydrogen-bond donors (Lipinski definition) is 2. The molecule has 5 heteroatoms. The third kappa shape index (κ3) is 3.38. The smallest absolute Gasteiger partial charge is 0.335 e. The molecule has 0 unspecified atom stereocenters. The van der Waals surface area contributed by atoms with Crippen molar-refractivity contribution >= 4 is 23.4 Å². The molecule has 0 fully saturated rings. The molecule has 16 heavy (non-hydrogen) atoms. The minimum atomic E-state index is -1.00. The first-order chi connectivity index (χ1) is 7.56. The number of nitrogens with zero attached hydrogens (tertiary/aromatic N) is 1. The summed E-state index contributed by atoms with van der Waals surface area (Å²) in [7, 11) is 0. The van der Waals surface area contributed by atoms with Crippen LogP contribution in [0.25, 0.3) is 0 Å². The van der Waals surface area contributed by atoms with Crippen molar-refractivity contribution < 1.29 is 9.90 Å². The number of carbonyl (C=O) groups is 1. The number of carboxylic acid groups (broad SMARTS) is 1. The zero-order valence-corrected chi connectivity index (χ0v) is 10.1. The van der Waals surface area contributed by atoms with Crippen LogP contribution in [0, 0.1) is 0 Å². The van der Waals surface area contributed by atoms with Gasteiger partial charge in [-0.3, -0.25) is 0 Å². The lowest BCUT2D eigenvalue weighted by atomic mass is 10.1. The van der Waals surface area contributed by atoms with Crippen molar-refractivity contribution in [3.05, 3.63) is 22.8 Å². The van der Waals surface area contributed by atoms with Gasteiger partial charge in [-0.05, 0) is 25.0 Å². The van der Waals surface area contributed by atoms with Crippen LogP contribution in [0.5, 0.6) is 0 Å². The Morgan fingerprint density at radius 2 is 2.12 bits per heavy atom. The van der Waals surface area contributed by atoms with Crippen LogP contribution in [-0.4, -0.2) is 22.1 Å². The molecule has 1 rings (SSSR count). The maximum Gasteiger partial charge on any atom is 0.335 e. The quantitative estimate of drug-likeness (QED) is 0.779. The Hall–Kier alpha value is -1.29. The molecule has 0 aliphatic rings. The van der Waals surface area contributed by atoms with E-state index in [1.165, 1.54) is 12.1 Å². The average Bonchev–Trinajstić information content (AvgIpc) is 2.25. The highest BCUT2D eigenvalue weighted by Crippen LogP contribution is 2.16.